The summed E-state index contributed by atoms with van der Waals surface area (Å²) in [7, 11) is 0. The van der Waals surface area contributed by atoms with Crippen molar-refractivity contribution in [2.24, 2.45) is 0 Å². The van der Waals surface area contributed by atoms with E-state index in [9.17, 15) is 9.59 Å². The molecule has 0 spiro atoms. The number of hydrogen-bond acceptors (Lipinski definition) is 5. The molecule has 0 aromatic carbocycles. The van der Waals surface area contributed by atoms with Gasteiger partial charge in [0, 0.05) is 38.8 Å². The van der Waals surface area contributed by atoms with Crippen LogP contribution in [0.2, 0.25) is 0 Å². The average molecular weight is 376 g/mol. The molecule has 0 atom stereocenters. The number of aromatic nitrogens is 2. The Bertz CT molecular complexity index is 585. The molecule has 2 rings (SSSR count). The first-order valence-corrected chi connectivity index (χ1v) is 10.2. The van der Waals surface area contributed by atoms with Crippen LogP contribution in [0.15, 0.2) is 12.4 Å². The second-order valence-corrected chi connectivity index (χ2v) is 7.19. The van der Waals surface area contributed by atoms with Gasteiger partial charge in [0.05, 0.1) is 11.9 Å². The fraction of sp³-hybridized carbons (Fsp3) is 0.700. The maximum atomic E-state index is 12.7. The van der Waals surface area contributed by atoms with Crippen molar-refractivity contribution in [3.63, 3.8) is 0 Å². The number of rotatable bonds is 10. The lowest BCUT2D eigenvalue weighted by molar-refractivity contribution is -0.121. The van der Waals surface area contributed by atoms with Gasteiger partial charge in [-0.25, -0.2) is 4.98 Å². The van der Waals surface area contributed by atoms with Gasteiger partial charge in [-0.05, 0) is 39.3 Å². The summed E-state index contributed by atoms with van der Waals surface area (Å²) in [5, 5.41) is 2.98. The van der Waals surface area contributed by atoms with Gasteiger partial charge in [0.25, 0.3) is 5.91 Å². The van der Waals surface area contributed by atoms with E-state index in [4.69, 9.17) is 0 Å². The predicted molar refractivity (Wildman–Crippen MR) is 105 cm³/mol. The van der Waals surface area contributed by atoms with Crippen LogP contribution < -0.4 is 5.32 Å². The van der Waals surface area contributed by atoms with E-state index in [1.54, 1.807) is 11.1 Å². The Morgan fingerprint density at radius 3 is 2.59 bits per heavy atom. The first-order chi connectivity index (χ1) is 13.1. The molecule has 1 saturated heterocycles. The largest absolute Gasteiger partial charge is 0.355 e. The first kappa shape index (κ1) is 21.3. The average Bonchev–Trinajstić information content (AvgIpc) is 2.69. The van der Waals surface area contributed by atoms with Gasteiger partial charge in [0.2, 0.25) is 5.91 Å². The summed E-state index contributed by atoms with van der Waals surface area (Å²) in [5.74, 6) is -0.159. The number of piperidine rings is 1. The molecular formula is C20H33N5O2. The zero-order chi connectivity index (χ0) is 19.5. The molecule has 2 amide bonds. The fourth-order valence-corrected chi connectivity index (χ4v) is 3.19. The van der Waals surface area contributed by atoms with Crippen LogP contribution in [0, 0.1) is 6.92 Å². The molecular weight excluding hydrogens is 342 g/mol. The van der Waals surface area contributed by atoms with Crippen LogP contribution >= 0.6 is 0 Å². The first-order valence-electron chi connectivity index (χ1n) is 10.2. The van der Waals surface area contributed by atoms with Crippen molar-refractivity contribution >= 4 is 11.8 Å². The minimum absolute atomic E-state index is 0.00343. The van der Waals surface area contributed by atoms with Gasteiger partial charge in [-0.15, -0.1) is 0 Å². The molecule has 7 heteroatoms. The Morgan fingerprint density at radius 2 is 1.93 bits per heavy atom. The quantitative estimate of drug-likeness (QED) is 0.677. The topological polar surface area (TPSA) is 78.4 Å². The third kappa shape index (κ3) is 7.62. The Morgan fingerprint density at radius 1 is 1.15 bits per heavy atom. The Hall–Kier alpha value is -2.02. The molecule has 0 saturated carbocycles. The molecule has 1 N–H and O–H groups in total. The normalized spacial score (nSPS) is 14.7. The molecule has 0 bridgehead atoms. The highest BCUT2D eigenvalue weighted by Gasteiger charge is 2.18. The molecule has 1 aromatic heterocycles. The van der Waals surface area contributed by atoms with Gasteiger partial charge >= 0.3 is 0 Å². The Kier molecular flexibility index (Phi) is 9.18. The molecule has 7 nitrogen and oxygen atoms in total. The summed E-state index contributed by atoms with van der Waals surface area (Å²) >= 11 is 0. The van der Waals surface area contributed by atoms with Gasteiger partial charge in [-0.3, -0.25) is 14.6 Å². The van der Waals surface area contributed by atoms with E-state index < -0.39 is 0 Å². The lowest BCUT2D eigenvalue weighted by Gasteiger charge is -2.26. The molecule has 0 unspecified atom stereocenters. The highest BCUT2D eigenvalue weighted by atomic mass is 16.2. The maximum Gasteiger partial charge on any atom is 0.274 e. The highest BCUT2D eigenvalue weighted by molar-refractivity contribution is 5.92. The van der Waals surface area contributed by atoms with Crippen LogP contribution in [0.1, 0.15) is 61.6 Å². The molecule has 0 aliphatic carbocycles. The van der Waals surface area contributed by atoms with E-state index in [0.29, 0.717) is 31.7 Å². The number of hydrogen-bond donors (Lipinski definition) is 1. The van der Waals surface area contributed by atoms with Crippen molar-refractivity contribution in [3.05, 3.63) is 23.8 Å². The molecule has 0 radical (unpaired) electrons. The van der Waals surface area contributed by atoms with Gasteiger partial charge in [-0.1, -0.05) is 19.8 Å². The smallest absolute Gasteiger partial charge is 0.274 e. The van der Waals surface area contributed by atoms with E-state index in [1.165, 1.54) is 25.5 Å². The predicted octanol–water partition coefficient (Wildman–Crippen LogP) is 2.02. The van der Waals surface area contributed by atoms with Crippen LogP contribution in [-0.2, 0) is 4.79 Å². The Labute approximate surface area is 162 Å². The van der Waals surface area contributed by atoms with E-state index in [1.807, 2.05) is 6.92 Å². The van der Waals surface area contributed by atoms with Gasteiger partial charge in [-0.2, -0.15) is 0 Å². The summed E-state index contributed by atoms with van der Waals surface area (Å²) in [6, 6.07) is 0. The zero-order valence-electron chi connectivity index (χ0n) is 16.7. The van der Waals surface area contributed by atoms with Crippen molar-refractivity contribution in [1.29, 1.82) is 0 Å². The lowest BCUT2D eigenvalue weighted by atomic mass is 10.1. The molecule has 150 valence electrons. The van der Waals surface area contributed by atoms with Crippen molar-refractivity contribution in [2.75, 3.05) is 39.3 Å². The summed E-state index contributed by atoms with van der Waals surface area (Å²) in [4.78, 5) is 37.3. The van der Waals surface area contributed by atoms with E-state index in [0.717, 1.165) is 38.2 Å². The minimum atomic E-state index is -0.155. The maximum absolute atomic E-state index is 12.7. The number of nitrogens with one attached hydrogen (secondary N) is 1. The number of likely N-dealkylation sites (tertiary alicyclic amines) is 1. The van der Waals surface area contributed by atoms with Gasteiger partial charge < -0.3 is 15.1 Å². The number of carbonyl (C=O) groups is 2. The van der Waals surface area contributed by atoms with E-state index in [2.05, 4.69) is 27.1 Å². The SMILES string of the molecule is CCCCN(CCC(=O)NCCN1CCCCC1)C(=O)c1cnc(C)cn1. The third-order valence-corrected chi connectivity index (χ3v) is 4.88. The van der Waals surface area contributed by atoms with Crippen LogP contribution in [0.4, 0.5) is 0 Å². The van der Waals surface area contributed by atoms with Crippen LogP contribution in [0.5, 0.6) is 0 Å². The van der Waals surface area contributed by atoms with Crippen molar-refractivity contribution in [2.45, 2.75) is 52.4 Å². The number of unbranched alkanes of at least 4 members (excludes halogenated alkanes) is 1. The summed E-state index contributed by atoms with van der Waals surface area (Å²) in [6.45, 7) is 8.80. The van der Waals surface area contributed by atoms with Gasteiger partial charge in [0.1, 0.15) is 5.69 Å². The molecule has 2 heterocycles. The number of nitrogens with zero attached hydrogens (tertiary/aromatic N) is 4. The number of amides is 2. The summed E-state index contributed by atoms with van der Waals surface area (Å²) < 4.78 is 0. The monoisotopic (exact) mass is 375 g/mol. The van der Waals surface area contributed by atoms with Crippen molar-refractivity contribution in [3.8, 4) is 0 Å². The standard InChI is InChI=1S/C20H33N5O2/c1-3-4-12-25(20(27)18-16-22-17(2)15-23-18)13-8-19(26)21-9-14-24-10-6-5-7-11-24/h15-16H,3-14H2,1-2H3,(H,21,26). The van der Waals surface area contributed by atoms with Crippen molar-refractivity contribution < 1.29 is 9.59 Å². The van der Waals surface area contributed by atoms with Crippen LogP contribution in [0.3, 0.4) is 0 Å². The molecule has 1 aliphatic rings. The second-order valence-electron chi connectivity index (χ2n) is 7.19. The fourth-order valence-electron chi connectivity index (χ4n) is 3.19. The molecule has 1 aromatic rings. The summed E-state index contributed by atoms with van der Waals surface area (Å²) in [6.07, 6.45) is 9.14. The van der Waals surface area contributed by atoms with E-state index in [-0.39, 0.29) is 11.8 Å². The zero-order valence-corrected chi connectivity index (χ0v) is 16.7. The van der Waals surface area contributed by atoms with Crippen LogP contribution in [0.25, 0.3) is 0 Å². The second kappa shape index (κ2) is 11.6. The number of carbonyl (C=O) groups excluding carboxylic acids is 2. The van der Waals surface area contributed by atoms with Crippen LogP contribution in [-0.4, -0.2) is 70.9 Å². The lowest BCUT2D eigenvalue weighted by Crippen LogP contribution is -2.39. The highest BCUT2D eigenvalue weighted by Crippen LogP contribution is 2.07. The molecule has 1 fully saturated rings. The molecule has 1 aliphatic heterocycles. The summed E-state index contributed by atoms with van der Waals surface area (Å²) in [5.41, 5.74) is 1.11. The van der Waals surface area contributed by atoms with E-state index >= 15 is 0 Å². The molecule has 27 heavy (non-hydrogen) atoms. The third-order valence-electron chi connectivity index (χ3n) is 4.88. The van der Waals surface area contributed by atoms with Gasteiger partial charge in [0.15, 0.2) is 0 Å². The number of aryl methyl sites for hydroxylation is 1. The minimum Gasteiger partial charge on any atom is -0.355 e. The Balaban J connectivity index is 1.77. The van der Waals surface area contributed by atoms with Crippen molar-refractivity contribution in [1.82, 2.24) is 25.1 Å².